The topological polar surface area (TPSA) is 41.6 Å². The first kappa shape index (κ1) is 17.7. The lowest BCUT2D eigenvalue weighted by molar-refractivity contribution is 0.0187. The van der Waals surface area contributed by atoms with Gasteiger partial charge >= 0.3 is 6.09 Å². The molecule has 1 fully saturated rings. The average Bonchev–Trinajstić information content (AvgIpc) is 2.43. The van der Waals surface area contributed by atoms with Crippen molar-refractivity contribution in [2.75, 3.05) is 13.1 Å². The Morgan fingerprint density at radius 2 is 1.96 bits per heavy atom. The van der Waals surface area contributed by atoms with Crippen LogP contribution in [0.2, 0.25) is 0 Å². The van der Waals surface area contributed by atoms with Crippen molar-refractivity contribution in [3.63, 3.8) is 0 Å². The molecule has 1 N–H and O–H groups in total. The molecule has 0 aliphatic carbocycles. The van der Waals surface area contributed by atoms with E-state index in [1.54, 1.807) is 4.90 Å². The molecule has 1 aromatic rings. The van der Waals surface area contributed by atoms with Gasteiger partial charge in [-0.1, -0.05) is 0 Å². The van der Waals surface area contributed by atoms with Gasteiger partial charge in [0.05, 0.1) is 0 Å². The molecule has 0 aromatic heterocycles. The molecular formula is C17H24F2N2O2. The molecule has 1 amide bonds. The smallest absolute Gasteiger partial charge is 0.410 e. The van der Waals surface area contributed by atoms with Gasteiger partial charge in [0.2, 0.25) is 0 Å². The molecule has 1 heterocycles. The number of amides is 1. The Kier molecular flexibility index (Phi) is 5.57. The zero-order valence-electron chi connectivity index (χ0n) is 13.9. The average molecular weight is 326 g/mol. The second kappa shape index (κ2) is 7.25. The Morgan fingerprint density at radius 3 is 2.57 bits per heavy atom. The summed E-state index contributed by atoms with van der Waals surface area (Å²) in [5, 5.41) is 3.26. The Hall–Kier alpha value is -1.69. The zero-order valence-corrected chi connectivity index (χ0v) is 13.9. The van der Waals surface area contributed by atoms with Crippen LogP contribution in [-0.2, 0) is 11.3 Å². The molecule has 2 rings (SSSR count). The lowest BCUT2D eigenvalue weighted by Crippen LogP contribution is -2.49. The third-order valence-corrected chi connectivity index (χ3v) is 3.59. The Bertz CT molecular complexity index is 538. The van der Waals surface area contributed by atoms with Crippen molar-refractivity contribution in [1.82, 2.24) is 10.2 Å². The van der Waals surface area contributed by atoms with E-state index in [0.29, 0.717) is 25.2 Å². The van der Waals surface area contributed by atoms with Crippen LogP contribution in [0.15, 0.2) is 18.2 Å². The van der Waals surface area contributed by atoms with Gasteiger partial charge in [0.15, 0.2) is 0 Å². The number of nitrogens with zero attached hydrogens (tertiary/aromatic N) is 1. The summed E-state index contributed by atoms with van der Waals surface area (Å²) >= 11 is 0. The van der Waals surface area contributed by atoms with Gasteiger partial charge in [0, 0.05) is 31.7 Å². The van der Waals surface area contributed by atoms with Crippen LogP contribution in [-0.4, -0.2) is 35.7 Å². The fraction of sp³-hybridized carbons (Fsp3) is 0.588. The highest BCUT2D eigenvalue weighted by Crippen LogP contribution is 2.16. The minimum absolute atomic E-state index is 0.0857. The van der Waals surface area contributed by atoms with E-state index in [-0.39, 0.29) is 12.1 Å². The number of carbonyl (C=O) groups excluding carboxylic acids is 1. The van der Waals surface area contributed by atoms with Gasteiger partial charge in [-0.15, -0.1) is 0 Å². The zero-order chi connectivity index (χ0) is 17.0. The van der Waals surface area contributed by atoms with Crippen LogP contribution >= 0.6 is 0 Å². The minimum atomic E-state index is -0.583. The largest absolute Gasteiger partial charge is 0.444 e. The summed E-state index contributed by atoms with van der Waals surface area (Å²) < 4.78 is 31.7. The number of likely N-dealkylation sites (tertiary alicyclic amines) is 1. The summed E-state index contributed by atoms with van der Waals surface area (Å²) in [5.41, 5.74) is 0.0354. The molecule has 1 aliphatic rings. The van der Waals surface area contributed by atoms with Gasteiger partial charge in [-0.05, 0) is 51.3 Å². The predicted octanol–water partition coefficient (Wildman–Crippen LogP) is 3.45. The quantitative estimate of drug-likeness (QED) is 0.925. The van der Waals surface area contributed by atoms with Crippen LogP contribution in [0.1, 0.15) is 39.2 Å². The number of benzene rings is 1. The number of nitrogens with one attached hydrogen (secondary N) is 1. The third kappa shape index (κ3) is 5.78. The number of hydrogen-bond donors (Lipinski definition) is 1. The molecule has 23 heavy (non-hydrogen) atoms. The van der Waals surface area contributed by atoms with E-state index in [9.17, 15) is 13.6 Å². The van der Waals surface area contributed by atoms with Crippen molar-refractivity contribution < 1.29 is 18.3 Å². The molecule has 1 aromatic carbocycles. The summed E-state index contributed by atoms with van der Waals surface area (Å²) in [5.74, 6) is -1.17. The van der Waals surface area contributed by atoms with Crippen LogP contribution in [0, 0.1) is 11.6 Å². The first-order valence-electron chi connectivity index (χ1n) is 7.89. The highest BCUT2D eigenvalue weighted by atomic mass is 19.1. The van der Waals surface area contributed by atoms with Crippen LogP contribution in [0.3, 0.4) is 0 Å². The molecule has 6 heteroatoms. The van der Waals surface area contributed by atoms with E-state index in [1.165, 1.54) is 12.1 Å². The van der Waals surface area contributed by atoms with Crippen LogP contribution in [0.5, 0.6) is 0 Å². The summed E-state index contributed by atoms with van der Waals surface area (Å²) in [4.78, 5) is 13.8. The summed E-state index contributed by atoms with van der Waals surface area (Å²) in [6.45, 7) is 7.07. The number of halogens is 2. The van der Waals surface area contributed by atoms with Gasteiger partial charge in [0.25, 0.3) is 0 Å². The molecule has 4 nitrogen and oxygen atoms in total. The Labute approximate surface area is 135 Å². The van der Waals surface area contributed by atoms with E-state index < -0.39 is 17.2 Å². The SMILES string of the molecule is CC(C)(C)OC(=O)N1CCCC(NCc2cc(F)cc(F)c2)C1. The molecule has 0 saturated carbocycles. The lowest BCUT2D eigenvalue weighted by atomic mass is 10.1. The molecule has 1 unspecified atom stereocenters. The monoisotopic (exact) mass is 326 g/mol. The first-order valence-corrected chi connectivity index (χ1v) is 7.89. The minimum Gasteiger partial charge on any atom is -0.444 e. The number of ether oxygens (including phenoxy) is 1. The highest BCUT2D eigenvalue weighted by Gasteiger charge is 2.27. The van der Waals surface area contributed by atoms with Crippen molar-refractivity contribution >= 4 is 6.09 Å². The Morgan fingerprint density at radius 1 is 1.30 bits per heavy atom. The molecular weight excluding hydrogens is 302 g/mol. The number of hydrogen-bond acceptors (Lipinski definition) is 3. The van der Waals surface area contributed by atoms with E-state index in [1.807, 2.05) is 20.8 Å². The second-order valence-electron chi connectivity index (χ2n) is 6.92. The standard InChI is InChI=1S/C17H24F2N2O2/c1-17(2,3)23-16(22)21-6-4-5-15(11-21)20-10-12-7-13(18)9-14(19)8-12/h7-9,15,20H,4-6,10-11H2,1-3H3. The molecule has 1 saturated heterocycles. The van der Waals surface area contributed by atoms with E-state index in [2.05, 4.69) is 5.32 Å². The van der Waals surface area contributed by atoms with Gasteiger partial charge in [0.1, 0.15) is 17.2 Å². The van der Waals surface area contributed by atoms with Gasteiger partial charge in [-0.2, -0.15) is 0 Å². The van der Waals surface area contributed by atoms with Crippen molar-refractivity contribution in [1.29, 1.82) is 0 Å². The van der Waals surface area contributed by atoms with E-state index in [4.69, 9.17) is 4.74 Å². The number of piperidine rings is 1. The lowest BCUT2D eigenvalue weighted by Gasteiger charge is -2.34. The van der Waals surface area contributed by atoms with Gasteiger partial charge < -0.3 is 15.0 Å². The third-order valence-electron chi connectivity index (χ3n) is 3.59. The summed E-state index contributed by atoms with van der Waals surface area (Å²) in [7, 11) is 0. The fourth-order valence-electron chi connectivity index (χ4n) is 2.61. The summed E-state index contributed by atoms with van der Waals surface area (Å²) in [6, 6.07) is 3.56. The maximum Gasteiger partial charge on any atom is 0.410 e. The maximum atomic E-state index is 13.2. The number of rotatable bonds is 3. The first-order chi connectivity index (χ1) is 10.7. The van der Waals surface area contributed by atoms with Crippen LogP contribution in [0.4, 0.5) is 13.6 Å². The van der Waals surface area contributed by atoms with Crippen molar-refractivity contribution in [2.45, 2.75) is 51.8 Å². The maximum absolute atomic E-state index is 13.2. The van der Waals surface area contributed by atoms with Crippen LogP contribution in [0.25, 0.3) is 0 Å². The van der Waals surface area contributed by atoms with E-state index in [0.717, 1.165) is 18.9 Å². The van der Waals surface area contributed by atoms with Gasteiger partial charge in [-0.3, -0.25) is 0 Å². The Balaban J connectivity index is 1.87. The van der Waals surface area contributed by atoms with Crippen molar-refractivity contribution in [3.8, 4) is 0 Å². The second-order valence-corrected chi connectivity index (χ2v) is 6.92. The van der Waals surface area contributed by atoms with E-state index >= 15 is 0 Å². The van der Waals surface area contributed by atoms with Crippen LogP contribution < -0.4 is 5.32 Å². The normalized spacial score (nSPS) is 18.8. The predicted molar refractivity (Wildman–Crippen MR) is 84.0 cm³/mol. The molecule has 0 radical (unpaired) electrons. The van der Waals surface area contributed by atoms with Crippen molar-refractivity contribution in [3.05, 3.63) is 35.4 Å². The molecule has 128 valence electrons. The molecule has 0 spiro atoms. The molecule has 1 aliphatic heterocycles. The fourth-order valence-corrected chi connectivity index (χ4v) is 2.61. The van der Waals surface area contributed by atoms with Gasteiger partial charge in [-0.25, -0.2) is 13.6 Å². The summed E-state index contributed by atoms with van der Waals surface area (Å²) in [6.07, 6.45) is 1.46. The number of carbonyl (C=O) groups is 1. The van der Waals surface area contributed by atoms with Crippen molar-refractivity contribution in [2.24, 2.45) is 0 Å². The molecule has 0 bridgehead atoms. The molecule has 1 atom stereocenters. The highest BCUT2D eigenvalue weighted by molar-refractivity contribution is 5.68.